The van der Waals surface area contributed by atoms with E-state index in [9.17, 15) is 5.26 Å². The molecule has 0 aromatic heterocycles. The molecule has 2 aliphatic rings. The van der Waals surface area contributed by atoms with Crippen molar-refractivity contribution in [2.45, 2.75) is 5.41 Å². The lowest BCUT2D eigenvalue weighted by Crippen LogP contribution is -2.26. The minimum atomic E-state index is -0.441. The molecule has 0 aliphatic heterocycles. The van der Waals surface area contributed by atoms with Gasteiger partial charge in [-0.05, 0) is 121 Å². The Balaban J connectivity index is 1.28. The van der Waals surface area contributed by atoms with Crippen LogP contribution in [0.5, 0.6) is 0 Å². The SMILES string of the molecule is N#Cc1cccc(N(c2ccccc2)c2ccc3c4c(ccc3c2)-c2cc3ccccc3cc2C42c3ccccc3-c3ccccc32)c1. The van der Waals surface area contributed by atoms with Crippen LogP contribution in [0.1, 0.15) is 27.8 Å². The summed E-state index contributed by atoms with van der Waals surface area (Å²) in [4.78, 5) is 2.24. The van der Waals surface area contributed by atoms with Crippen LogP contribution in [-0.4, -0.2) is 0 Å². The number of benzene rings is 8. The van der Waals surface area contributed by atoms with E-state index in [1.807, 2.05) is 24.3 Å². The molecule has 1 spiro atoms. The summed E-state index contributed by atoms with van der Waals surface area (Å²) in [6, 6.07) is 63.7. The molecule has 2 aliphatic carbocycles. The maximum atomic E-state index is 9.72. The van der Waals surface area contributed by atoms with E-state index in [0.717, 1.165) is 17.1 Å². The van der Waals surface area contributed by atoms with Gasteiger partial charge in [-0.3, -0.25) is 0 Å². The number of hydrogen-bond acceptors (Lipinski definition) is 2. The molecular formula is C46H28N2. The highest BCUT2D eigenvalue weighted by atomic mass is 15.1. The van der Waals surface area contributed by atoms with Crippen LogP contribution in [0, 0.1) is 11.3 Å². The molecule has 8 aromatic rings. The van der Waals surface area contributed by atoms with Crippen LogP contribution >= 0.6 is 0 Å². The van der Waals surface area contributed by atoms with Crippen molar-refractivity contribution >= 4 is 38.6 Å². The predicted molar refractivity (Wildman–Crippen MR) is 197 cm³/mol. The summed E-state index contributed by atoms with van der Waals surface area (Å²) in [6.45, 7) is 0. The summed E-state index contributed by atoms with van der Waals surface area (Å²) in [7, 11) is 0. The van der Waals surface area contributed by atoms with Crippen molar-refractivity contribution in [1.82, 2.24) is 0 Å². The smallest absolute Gasteiger partial charge is 0.0992 e. The first-order valence-electron chi connectivity index (χ1n) is 16.4. The average molecular weight is 609 g/mol. The molecule has 10 rings (SSSR count). The number of hydrogen-bond donors (Lipinski definition) is 0. The Morgan fingerprint density at radius 1 is 0.417 bits per heavy atom. The largest absolute Gasteiger partial charge is 0.310 e. The third kappa shape index (κ3) is 3.56. The summed E-state index contributed by atoms with van der Waals surface area (Å²) < 4.78 is 0. The molecule has 8 aromatic carbocycles. The minimum Gasteiger partial charge on any atom is -0.310 e. The molecule has 2 nitrogen and oxygen atoms in total. The Kier molecular flexibility index (Phi) is 5.59. The number of nitrogens with zero attached hydrogens (tertiary/aromatic N) is 2. The highest BCUT2D eigenvalue weighted by Crippen LogP contribution is 2.64. The summed E-state index contributed by atoms with van der Waals surface area (Å²) in [5.74, 6) is 0. The molecule has 2 heteroatoms. The first-order valence-corrected chi connectivity index (χ1v) is 16.4. The highest BCUT2D eigenvalue weighted by Gasteiger charge is 2.52. The molecule has 0 saturated heterocycles. The fourth-order valence-electron chi connectivity index (χ4n) is 8.53. The molecule has 0 fully saturated rings. The van der Waals surface area contributed by atoms with E-state index in [1.54, 1.807) is 0 Å². The quantitative estimate of drug-likeness (QED) is 0.199. The number of nitriles is 1. The van der Waals surface area contributed by atoms with Gasteiger partial charge in [-0.2, -0.15) is 5.26 Å². The maximum absolute atomic E-state index is 9.72. The third-order valence-electron chi connectivity index (χ3n) is 10.4. The Morgan fingerprint density at radius 3 is 1.81 bits per heavy atom. The van der Waals surface area contributed by atoms with Crippen molar-refractivity contribution in [3.8, 4) is 28.3 Å². The molecule has 0 bridgehead atoms. The number of para-hydroxylation sites is 1. The summed E-state index contributed by atoms with van der Waals surface area (Å²) in [6.07, 6.45) is 0. The van der Waals surface area contributed by atoms with Crippen molar-refractivity contribution in [2.75, 3.05) is 4.90 Å². The van der Waals surface area contributed by atoms with Crippen LogP contribution in [0.25, 0.3) is 43.8 Å². The first-order chi connectivity index (χ1) is 23.8. The van der Waals surface area contributed by atoms with Crippen molar-refractivity contribution in [3.63, 3.8) is 0 Å². The second kappa shape index (κ2) is 10.0. The van der Waals surface area contributed by atoms with Gasteiger partial charge in [0.1, 0.15) is 0 Å². The normalized spacial score (nSPS) is 13.1. The van der Waals surface area contributed by atoms with Gasteiger partial charge in [0.15, 0.2) is 0 Å². The summed E-state index contributed by atoms with van der Waals surface area (Å²) in [5.41, 5.74) is 13.8. The van der Waals surface area contributed by atoms with E-state index in [0.29, 0.717) is 5.56 Å². The van der Waals surface area contributed by atoms with Gasteiger partial charge in [-0.15, -0.1) is 0 Å². The van der Waals surface area contributed by atoms with Gasteiger partial charge < -0.3 is 4.90 Å². The lowest BCUT2D eigenvalue weighted by molar-refractivity contribution is 0.802. The Morgan fingerprint density at radius 2 is 1.06 bits per heavy atom. The monoisotopic (exact) mass is 608 g/mol. The molecule has 0 radical (unpaired) electrons. The third-order valence-corrected chi connectivity index (χ3v) is 10.4. The molecule has 0 N–H and O–H groups in total. The summed E-state index contributed by atoms with van der Waals surface area (Å²) in [5, 5.41) is 14.7. The zero-order chi connectivity index (χ0) is 31.8. The topological polar surface area (TPSA) is 27.0 Å². The Labute approximate surface area is 279 Å². The molecule has 222 valence electrons. The fourth-order valence-corrected chi connectivity index (χ4v) is 8.53. The minimum absolute atomic E-state index is 0.441. The zero-order valence-corrected chi connectivity index (χ0v) is 26.1. The van der Waals surface area contributed by atoms with Crippen LogP contribution in [-0.2, 0) is 5.41 Å². The van der Waals surface area contributed by atoms with Gasteiger partial charge in [0.05, 0.1) is 17.0 Å². The number of rotatable bonds is 3. The van der Waals surface area contributed by atoms with Gasteiger partial charge in [-0.1, -0.05) is 115 Å². The molecule has 0 unspecified atom stereocenters. The van der Waals surface area contributed by atoms with E-state index in [1.165, 1.54) is 66.1 Å². The zero-order valence-electron chi connectivity index (χ0n) is 26.1. The van der Waals surface area contributed by atoms with Crippen molar-refractivity contribution in [2.24, 2.45) is 0 Å². The van der Waals surface area contributed by atoms with Gasteiger partial charge >= 0.3 is 0 Å². The maximum Gasteiger partial charge on any atom is 0.0992 e. The van der Waals surface area contributed by atoms with Gasteiger partial charge in [0.2, 0.25) is 0 Å². The van der Waals surface area contributed by atoms with Crippen LogP contribution in [0.2, 0.25) is 0 Å². The molecular weight excluding hydrogens is 581 g/mol. The van der Waals surface area contributed by atoms with Crippen LogP contribution in [0.15, 0.2) is 170 Å². The fraction of sp³-hybridized carbons (Fsp3) is 0.0217. The average Bonchev–Trinajstić information content (AvgIpc) is 3.61. The second-order valence-corrected chi connectivity index (χ2v) is 12.8. The second-order valence-electron chi connectivity index (χ2n) is 12.8. The van der Waals surface area contributed by atoms with E-state index in [-0.39, 0.29) is 0 Å². The Hall–Kier alpha value is -6.43. The van der Waals surface area contributed by atoms with E-state index in [2.05, 4.69) is 157 Å². The van der Waals surface area contributed by atoms with Crippen molar-refractivity contribution < 1.29 is 0 Å². The molecule has 48 heavy (non-hydrogen) atoms. The Bertz CT molecular complexity index is 2600. The van der Waals surface area contributed by atoms with Crippen LogP contribution in [0.3, 0.4) is 0 Å². The van der Waals surface area contributed by atoms with Crippen LogP contribution < -0.4 is 4.90 Å². The van der Waals surface area contributed by atoms with E-state index >= 15 is 0 Å². The van der Waals surface area contributed by atoms with Crippen molar-refractivity contribution in [3.05, 3.63) is 198 Å². The van der Waals surface area contributed by atoms with Gasteiger partial charge in [0, 0.05) is 17.1 Å². The van der Waals surface area contributed by atoms with Crippen molar-refractivity contribution in [1.29, 1.82) is 5.26 Å². The van der Waals surface area contributed by atoms with E-state index < -0.39 is 5.41 Å². The standard InChI is InChI=1S/C46H28N2/c47-29-30-11-10-16-35(25-30)48(34-14-2-1-3-15-34)36-22-24-37-33(26-36)21-23-40-41-27-31-12-4-5-13-32(31)28-44(41)46(45(37)40)42-19-8-6-17-38(42)39-18-7-9-20-43(39)46/h1-28H. The molecule has 0 amide bonds. The summed E-state index contributed by atoms with van der Waals surface area (Å²) >= 11 is 0. The van der Waals surface area contributed by atoms with Crippen LogP contribution in [0.4, 0.5) is 17.1 Å². The van der Waals surface area contributed by atoms with E-state index in [4.69, 9.17) is 0 Å². The molecule has 0 atom stereocenters. The highest BCUT2D eigenvalue weighted by molar-refractivity contribution is 6.07. The molecule has 0 heterocycles. The number of anilines is 3. The molecule has 0 saturated carbocycles. The van der Waals surface area contributed by atoms with Gasteiger partial charge in [0.25, 0.3) is 0 Å². The first kappa shape index (κ1) is 26.8. The number of fused-ring (bicyclic) bond motifs is 13. The lowest BCUT2D eigenvalue weighted by Gasteiger charge is -2.32. The predicted octanol–water partition coefficient (Wildman–Crippen LogP) is 11.7. The van der Waals surface area contributed by atoms with Gasteiger partial charge in [-0.25, -0.2) is 0 Å². The lowest BCUT2D eigenvalue weighted by atomic mass is 9.69.